The number of thioether (sulfide) groups is 1. The van der Waals surface area contributed by atoms with Crippen LogP contribution in [0, 0.1) is 6.07 Å². The van der Waals surface area contributed by atoms with E-state index in [-0.39, 0.29) is 0 Å². The van der Waals surface area contributed by atoms with E-state index in [0.717, 1.165) is 16.7 Å². The summed E-state index contributed by atoms with van der Waals surface area (Å²) in [5.74, 6) is 0. The fraction of sp³-hybridized carbons (Fsp3) is 0.333. The van der Waals surface area contributed by atoms with Crippen LogP contribution >= 0.6 is 11.8 Å². The van der Waals surface area contributed by atoms with Crippen molar-refractivity contribution >= 4 is 11.8 Å². The standard InChI is InChI=1S/C9H11O2S/c1-2-9(10,11)12-8-6-4-3-5-7-8/h3-4,6-7,10-11H,2H2,1H3. The van der Waals surface area contributed by atoms with Crippen LogP contribution in [0.15, 0.2) is 29.2 Å². The zero-order valence-corrected chi connectivity index (χ0v) is 7.64. The minimum atomic E-state index is -1.66. The summed E-state index contributed by atoms with van der Waals surface area (Å²) in [7, 11) is 0. The molecule has 1 aromatic carbocycles. The number of aliphatic hydroxyl groups is 2. The molecule has 0 fully saturated rings. The molecule has 0 heterocycles. The fourth-order valence-corrected chi connectivity index (χ4v) is 1.50. The number of rotatable bonds is 3. The molecule has 0 bridgehead atoms. The Kier molecular flexibility index (Phi) is 3.14. The van der Waals surface area contributed by atoms with E-state index in [0.29, 0.717) is 6.42 Å². The summed E-state index contributed by atoms with van der Waals surface area (Å²) in [6.45, 7) is 1.72. The van der Waals surface area contributed by atoms with Crippen molar-refractivity contribution in [1.29, 1.82) is 0 Å². The first-order valence-corrected chi connectivity index (χ1v) is 4.55. The normalized spacial score (nSPS) is 11.6. The van der Waals surface area contributed by atoms with Crippen LogP contribution in [0.4, 0.5) is 0 Å². The SMILES string of the molecule is CCC(O)(O)Sc1c[c]ccc1. The van der Waals surface area contributed by atoms with Crippen LogP contribution in [-0.2, 0) is 0 Å². The van der Waals surface area contributed by atoms with Crippen molar-refractivity contribution < 1.29 is 10.2 Å². The zero-order chi connectivity index (χ0) is 9.03. The molecule has 3 heteroatoms. The molecule has 2 N–H and O–H groups in total. The Labute approximate surface area is 76.2 Å². The molecule has 0 aromatic heterocycles. The first-order valence-electron chi connectivity index (χ1n) is 3.74. The molecule has 2 nitrogen and oxygen atoms in total. The van der Waals surface area contributed by atoms with Crippen LogP contribution in [0.25, 0.3) is 0 Å². The molecule has 0 saturated heterocycles. The van der Waals surface area contributed by atoms with Crippen molar-refractivity contribution in [3.8, 4) is 0 Å². The molecule has 0 aliphatic heterocycles. The van der Waals surface area contributed by atoms with Gasteiger partial charge in [-0.15, -0.1) is 0 Å². The third-order valence-corrected chi connectivity index (χ3v) is 2.53. The average Bonchev–Trinajstić information content (AvgIpc) is 2.06. The van der Waals surface area contributed by atoms with Crippen LogP contribution in [0.1, 0.15) is 13.3 Å². The Morgan fingerprint density at radius 1 is 1.58 bits per heavy atom. The maximum absolute atomic E-state index is 9.28. The van der Waals surface area contributed by atoms with E-state index in [4.69, 9.17) is 0 Å². The third-order valence-electron chi connectivity index (χ3n) is 1.42. The zero-order valence-electron chi connectivity index (χ0n) is 6.82. The summed E-state index contributed by atoms with van der Waals surface area (Å²) in [5, 5.41) is 16.9. The number of hydrogen-bond donors (Lipinski definition) is 2. The summed E-state index contributed by atoms with van der Waals surface area (Å²) in [6, 6.07) is 9.99. The summed E-state index contributed by atoms with van der Waals surface area (Å²) >= 11 is 1.03. The Balaban J connectivity index is 2.64. The van der Waals surface area contributed by atoms with Gasteiger partial charge in [-0.3, -0.25) is 0 Å². The van der Waals surface area contributed by atoms with E-state index in [1.807, 2.05) is 12.1 Å². The van der Waals surface area contributed by atoms with Crippen molar-refractivity contribution in [2.24, 2.45) is 0 Å². The quantitative estimate of drug-likeness (QED) is 0.552. The van der Waals surface area contributed by atoms with Gasteiger partial charge in [0.2, 0.25) is 5.12 Å². The molecule has 0 aliphatic rings. The largest absolute Gasteiger partial charge is 0.357 e. The van der Waals surface area contributed by atoms with E-state index in [1.165, 1.54) is 0 Å². The molecule has 1 aromatic rings. The Morgan fingerprint density at radius 3 is 2.83 bits per heavy atom. The smallest absolute Gasteiger partial charge is 0.217 e. The van der Waals surface area contributed by atoms with Gasteiger partial charge in [-0.2, -0.15) is 0 Å². The maximum atomic E-state index is 9.28. The highest BCUT2D eigenvalue weighted by atomic mass is 32.2. The molecule has 0 amide bonds. The lowest BCUT2D eigenvalue weighted by Crippen LogP contribution is -2.21. The first kappa shape index (κ1) is 9.58. The van der Waals surface area contributed by atoms with Crippen molar-refractivity contribution in [3.63, 3.8) is 0 Å². The van der Waals surface area contributed by atoms with Gasteiger partial charge in [0.1, 0.15) is 0 Å². The molecule has 0 atom stereocenters. The van der Waals surface area contributed by atoms with Crippen molar-refractivity contribution in [1.82, 2.24) is 0 Å². The second-order valence-electron chi connectivity index (χ2n) is 2.44. The summed E-state index contributed by atoms with van der Waals surface area (Å²) in [5.41, 5.74) is 0. The Hall–Kier alpha value is -0.510. The van der Waals surface area contributed by atoms with E-state index in [9.17, 15) is 10.2 Å². The number of benzene rings is 1. The molecule has 1 radical (unpaired) electrons. The summed E-state index contributed by atoms with van der Waals surface area (Å²) in [6.07, 6.45) is 0.298. The van der Waals surface area contributed by atoms with Gasteiger partial charge in [-0.1, -0.05) is 30.8 Å². The lowest BCUT2D eigenvalue weighted by Gasteiger charge is -2.18. The van der Waals surface area contributed by atoms with Gasteiger partial charge in [0.25, 0.3) is 0 Å². The van der Waals surface area contributed by atoms with Crippen LogP contribution in [0.5, 0.6) is 0 Å². The second-order valence-corrected chi connectivity index (χ2v) is 3.77. The van der Waals surface area contributed by atoms with Gasteiger partial charge in [0.15, 0.2) is 0 Å². The van der Waals surface area contributed by atoms with Crippen LogP contribution in [-0.4, -0.2) is 15.3 Å². The Bertz CT molecular complexity index is 234. The minimum Gasteiger partial charge on any atom is -0.357 e. The topological polar surface area (TPSA) is 40.5 Å². The first-order chi connectivity index (χ1) is 5.64. The van der Waals surface area contributed by atoms with Gasteiger partial charge < -0.3 is 10.2 Å². The molecule has 0 saturated carbocycles. The highest BCUT2D eigenvalue weighted by Gasteiger charge is 2.21. The van der Waals surface area contributed by atoms with Crippen molar-refractivity contribution in [3.05, 3.63) is 30.3 Å². The third kappa shape index (κ3) is 2.85. The van der Waals surface area contributed by atoms with Crippen LogP contribution in [0.3, 0.4) is 0 Å². The molecule has 12 heavy (non-hydrogen) atoms. The van der Waals surface area contributed by atoms with Crippen molar-refractivity contribution in [2.45, 2.75) is 23.4 Å². The maximum Gasteiger partial charge on any atom is 0.217 e. The van der Waals surface area contributed by atoms with E-state index in [2.05, 4.69) is 6.07 Å². The Morgan fingerprint density at radius 2 is 2.33 bits per heavy atom. The number of hydrogen-bond acceptors (Lipinski definition) is 3. The van der Waals surface area contributed by atoms with Gasteiger partial charge in [-0.05, 0) is 18.2 Å². The predicted molar refractivity (Wildman–Crippen MR) is 48.6 cm³/mol. The van der Waals surface area contributed by atoms with Crippen LogP contribution in [0.2, 0.25) is 0 Å². The molecule has 0 spiro atoms. The molecular weight excluding hydrogens is 172 g/mol. The van der Waals surface area contributed by atoms with Gasteiger partial charge in [0, 0.05) is 11.3 Å². The lowest BCUT2D eigenvalue weighted by atomic mass is 10.4. The highest BCUT2D eigenvalue weighted by molar-refractivity contribution is 8.00. The summed E-state index contributed by atoms with van der Waals surface area (Å²) < 4.78 is 0. The van der Waals surface area contributed by atoms with E-state index in [1.54, 1.807) is 19.1 Å². The highest BCUT2D eigenvalue weighted by Crippen LogP contribution is 2.30. The van der Waals surface area contributed by atoms with E-state index >= 15 is 0 Å². The minimum absolute atomic E-state index is 0.298. The van der Waals surface area contributed by atoms with Gasteiger partial charge >= 0.3 is 0 Å². The van der Waals surface area contributed by atoms with Crippen LogP contribution < -0.4 is 0 Å². The molecule has 1 rings (SSSR count). The average molecular weight is 183 g/mol. The molecule has 0 aliphatic carbocycles. The summed E-state index contributed by atoms with van der Waals surface area (Å²) in [4.78, 5) is 0.810. The molecule has 0 unspecified atom stereocenters. The second kappa shape index (κ2) is 3.94. The van der Waals surface area contributed by atoms with Crippen molar-refractivity contribution in [2.75, 3.05) is 0 Å². The van der Waals surface area contributed by atoms with E-state index < -0.39 is 5.12 Å². The molecule has 65 valence electrons. The monoisotopic (exact) mass is 183 g/mol. The lowest BCUT2D eigenvalue weighted by molar-refractivity contribution is -0.0775. The predicted octanol–water partition coefficient (Wildman–Crippen LogP) is 1.63. The van der Waals surface area contributed by atoms with Gasteiger partial charge in [0.05, 0.1) is 0 Å². The fourth-order valence-electron chi connectivity index (χ4n) is 0.701. The molecular formula is C9H11O2S. The van der Waals surface area contributed by atoms with Gasteiger partial charge in [-0.25, -0.2) is 0 Å².